The highest BCUT2D eigenvalue weighted by Crippen LogP contribution is 2.16. The van der Waals surface area contributed by atoms with Crippen LogP contribution >= 0.6 is 7.83 Å². The van der Waals surface area contributed by atoms with Crippen molar-refractivity contribution in [3.05, 3.63) is 24.3 Å². The summed E-state index contributed by atoms with van der Waals surface area (Å²) < 4.78 is 22.0. The number of benzene rings is 1. The lowest BCUT2D eigenvalue weighted by atomic mass is 10.3. The summed E-state index contributed by atoms with van der Waals surface area (Å²) in [5.41, 5.74) is 1.09. The van der Waals surface area contributed by atoms with Crippen LogP contribution in [-0.4, -0.2) is 14.8 Å². The Morgan fingerprint density at radius 2 is 2.00 bits per heavy atom. The van der Waals surface area contributed by atoms with Gasteiger partial charge in [-0.05, 0) is 12.1 Å². The van der Waals surface area contributed by atoms with Crippen molar-refractivity contribution in [2.75, 3.05) is 0 Å². The van der Waals surface area contributed by atoms with Gasteiger partial charge in [0.2, 0.25) is 0 Å². The fourth-order valence-electron chi connectivity index (χ4n) is 0.977. The summed E-state index contributed by atoms with van der Waals surface area (Å²) in [6, 6.07) is 6.87. The molecule has 60 valence electrons. The lowest BCUT2D eigenvalue weighted by molar-refractivity contribution is 0.503. The first-order valence-corrected chi connectivity index (χ1v) is 4.37. The number of fused-ring (bicyclic) bond motifs is 1. The van der Waals surface area contributed by atoms with Gasteiger partial charge < -0.3 is 0 Å². The van der Waals surface area contributed by atoms with Gasteiger partial charge in [-0.2, -0.15) is 0 Å². The van der Waals surface area contributed by atoms with Gasteiger partial charge in [-0.15, -0.1) is 9.55 Å². The molecule has 0 unspecified atom stereocenters. The summed E-state index contributed by atoms with van der Waals surface area (Å²) >= 11 is 0. The van der Waals surface area contributed by atoms with E-state index < -0.39 is 7.83 Å². The van der Waals surface area contributed by atoms with Crippen LogP contribution in [0.4, 0.5) is 0 Å². The van der Waals surface area contributed by atoms with Crippen molar-refractivity contribution < 1.29 is 9.13 Å². The highest BCUT2D eigenvalue weighted by atomic mass is 31.1. The summed E-state index contributed by atoms with van der Waals surface area (Å²) in [5.74, 6) is 0. The molecule has 1 heterocycles. The zero-order valence-electron chi connectivity index (χ0n) is 5.91. The molecule has 0 saturated carbocycles. The molecule has 0 aliphatic rings. The molecule has 12 heavy (non-hydrogen) atoms. The van der Waals surface area contributed by atoms with Crippen molar-refractivity contribution in [2.24, 2.45) is 0 Å². The topological polar surface area (TPSA) is 64.8 Å². The highest BCUT2D eigenvalue weighted by Gasteiger charge is 2.05. The SMILES string of the molecule is O=P(=O)n1nnc2ccccc21. The van der Waals surface area contributed by atoms with Crippen LogP contribution in [0.15, 0.2) is 24.3 Å². The molecule has 1 aromatic carbocycles. The zero-order chi connectivity index (χ0) is 8.55. The molecule has 0 fully saturated rings. The number of hydrogen-bond acceptors (Lipinski definition) is 4. The third-order valence-electron chi connectivity index (χ3n) is 1.49. The van der Waals surface area contributed by atoms with Gasteiger partial charge in [-0.25, -0.2) is 9.13 Å². The Morgan fingerprint density at radius 1 is 1.25 bits per heavy atom. The zero-order valence-corrected chi connectivity index (χ0v) is 6.81. The van der Waals surface area contributed by atoms with Crippen LogP contribution in [0.1, 0.15) is 0 Å². The van der Waals surface area contributed by atoms with Crippen LogP contribution in [0.25, 0.3) is 11.0 Å². The molecule has 0 N–H and O–H groups in total. The smallest absolute Gasteiger partial charge is 0.210 e. The Bertz CT molecular complexity index is 480. The molecule has 0 bridgehead atoms. The summed E-state index contributed by atoms with van der Waals surface area (Å²) in [4.78, 5) is 0. The monoisotopic (exact) mass is 181 g/mol. The van der Waals surface area contributed by atoms with E-state index >= 15 is 0 Å². The number of nitrogens with zero attached hydrogens (tertiary/aromatic N) is 3. The second kappa shape index (κ2) is 2.53. The van der Waals surface area contributed by atoms with Crippen LogP contribution in [0.3, 0.4) is 0 Å². The molecule has 0 amide bonds. The van der Waals surface area contributed by atoms with Crippen molar-refractivity contribution in [2.45, 2.75) is 0 Å². The first kappa shape index (κ1) is 7.18. The minimum Gasteiger partial charge on any atom is -0.210 e. The van der Waals surface area contributed by atoms with E-state index in [-0.39, 0.29) is 0 Å². The number of aromatic nitrogens is 3. The van der Waals surface area contributed by atoms with Crippen LogP contribution in [0.5, 0.6) is 0 Å². The Balaban J connectivity index is 2.87. The molecular formula is C6H4N3O2P. The van der Waals surface area contributed by atoms with Gasteiger partial charge in [-0.3, -0.25) is 0 Å². The van der Waals surface area contributed by atoms with Crippen molar-refractivity contribution in [3.8, 4) is 0 Å². The fourth-order valence-corrected chi connectivity index (χ4v) is 1.43. The third-order valence-corrected chi connectivity index (χ3v) is 2.09. The van der Waals surface area contributed by atoms with E-state index in [1.54, 1.807) is 24.3 Å². The molecule has 2 rings (SSSR count). The van der Waals surface area contributed by atoms with Crippen molar-refractivity contribution in [1.82, 2.24) is 14.8 Å². The normalized spacial score (nSPS) is 10.3. The molecule has 0 saturated heterocycles. The summed E-state index contributed by atoms with van der Waals surface area (Å²) in [5, 5.41) is 7.13. The predicted octanol–water partition coefficient (Wildman–Crippen LogP) is 1.37. The Morgan fingerprint density at radius 3 is 2.75 bits per heavy atom. The molecule has 2 aromatic rings. The van der Waals surface area contributed by atoms with Crippen LogP contribution in [0.2, 0.25) is 0 Å². The second-order valence-corrected chi connectivity index (χ2v) is 3.06. The van der Waals surface area contributed by atoms with Crippen molar-refractivity contribution in [1.29, 1.82) is 0 Å². The summed E-state index contributed by atoms with van der Waals surface area (Å²) in [6.45, 7) is 0. The van der Waals surface area contributed by atoms with Crippen molar-refractivity contribution >= 4 is 18.9 Å². The van der Waals surface area contributed by atoms with Crippen molar-refractivity contribution in [3.63, 3.8) is 0 Å². The molecule has 0 atom stereocenters. The first-order chi connectivity index (χ1) is 5.79. The Labute approximate surface area is 67.9 Å². The van der Waals surface area contributed by atoms with Gasteiger partial charge in [0.15, 0.2) is 0 Å². The van der Waals surface area contributed by atoms with E-state index in [0.29, 0.717) is 11.0 Å². The van der Waals surface area contributed by atoms with E-state index in [4.69, 9.17) is 0 Å². The van der Waals surface area contributed by atoms with E-state index in [9.17, 15) is 9.13 Å². The average Bonchev–Trinajstić information content (AvgIpc) is 2.47. The molecule has 5 nitrogen and oxygen atoms in total. The van der Waals surface area contributed by atoms with Gasteiger partial charge in [0.1, 0.15) is 11.0 Å². The van der Waals surface area contributed by atoms with Crippen LogP contribution < -0.4 is 0 Å². The number of rotatable bonds is 1. The Kier molecular flexibility index (Phi) is 1.52. The van der Waals surface area contributed by atoms with Gasteiger partial charge >= 0.3 is 7.83 Å². The highest BCUT2D eigenvalue weighted by molar-refractivity contribution is 7.29. The standard InChI is InChI=1S/C6H4N3O2P/c10-12(11)9-6-4-2-1-3-5(6)7-8-9/h1-4H. The third kappa shape index (κ3) is 0.950. The maximum Gasteiger partial charge on any atom is 0.449 e. The minimum atomic E-state index is -2.72. The molecule has 0 spiro atoms. The van der Waals surface area contributed by atoms with Gasteiger partial charge in [-0.1, -0.05) is 17.3 Å². The van der Waals surface area contributed by atoms with E-state index in [1.807, 2.05) is 0 Å². The average molecular weight is 181 g/mol. The predicted molar refractivity (Wildman–Crippen MR) is 41.2 cm³/mol. The minimum absolute atomic E-state index is 0.508. The molecule has 1 aromatic heterocycles. The van der Waals surface area contributed by atoms with Crippen LogP contribution in [-0.2, 0) is 9.13 Å². The molecule has 0 aliphatic heterocycles. The second-order valence-electron chi connectivity index (χ2n) is 2.21. The first-order valence-electron chi connectivity index (χ1n) is 3.24. The lowest BCUT2D eigenvalue weighted by Crippen LogP contribution is -1.83. The molecule has 6 heteroatoms. The van der Waals surface area contributed by atoms with Gasteiger partial charge in [0.05, 0.1) is 0 Å². The molecule has 0 radical (unpaired) electrons. The lowest BCUT2D eigenvalue weighted by Gasteiger charge is -1.85. The maximum atomic E-state index is 10.6. The fraction of sp³-hybridized carbons (Fsp3) is 0. The molecule has 0 aliphatic carbocycles. The summed E-state index contributed by atoms with van der Waals surface area (Å²) in [6.07, 6.45) is 0. The number of para-hydroxylation sites is 1. The van der Waals surface area contributed by atoms with Crippen LogP contribution in [0, 0.1) is 0 Å². The maximum absolute atomic E-state index is 10.6. The van der Waals surface area contributed by atoms with E-state index in [1.165, 1.54) is 0 Å². The van der Waals surface area contributed by atoms with Gasteiger partial charge in [0.25, 0.3) is 0 Å². The quantitative estimate of drug-likeness (QED) is 0.623. The summed E-state index contributed by atoms with van der Waals surface area (Å²) in [7, 11) is -2.72. The van der Waals surface area contributed by atoms with Gasteiger partial charge in [0, 0.05) is 0 Å². The van der Waals surface area contributed by atoms with E-state index in [2.05, 4.69) is 10.3 Å². The largest absolute Gasteiger partial charge is 0.449 e. The molecular weight excluding hydrogens is 177 g/mol. The van der Waals surface area contributed by atoms with E-state index in [0.717, 1.165) is 4.45 Å². The number of hydrogen-bond donors (Lipinski definition) is 0. The Hall–Kier alpha value is -1.48.